The summed E-state index contributed by atoms with van der Waals surface area (Å²) in [6.07, 6.45) is -3.84. The maximum atomic E-state index is 11.1. The Kier molecular flexibility index (Phi) is 6.37. The Balaban J connectivity index is 1.49. The number of aromatic hydroxyl groups is 1. The van der Waals surface area contributed by atoms with Crippen LogP contribution in [-0.4, -0.2) is 69.4 Å². The topological polar surface area (TPSA) is 189 Å². The summed E-state index contributed by atoms with van der Waals surface area (Å²) in [7, 11) is 0. The molecule has 0 aliphatic carbocycles. The maximum absolute atomic E-state index is 11.1. The summed E-state index contributed by atoms with van der Waals surface area (Å²) in [5.74, 6) is 0.0551. The zero-order chi connectivity index (χ0) is 27.3. The molecule has 0 unspecified atom stereocenters. The third kappa shape index (κ3) is 4.26. The molecule has 4 heterocycles. The van der Waals surface area contributed by atoms with Gasteiger partial charge in [-0.05, 0) is 29.8 Å². The number of rotatable bonds is 6. The van der Waals surface area contributed by atoms with Gasteiger partial charge in [-0.15, -0.1) is 10.2 Å². The largest absolute Gasteiger partial charge is 0.504 e. The van der Waals surface area contributed by atoms with Gasteiger partial charge in [-0.2, -0.15) is 0 Å². The van der Waals surface area contributed by atoms with Crippen LogP contribution in [0.2, 0.25) is 5.02 Å². The average molecular weight is 551 g/mol. The average Bonchev–Trinajstić information content (AvgIpc) is 3.54. The molecular formula is C25H23ClN8O5. The van der Waals surface area contributed by atoms with Gasteiger partial charge in [0.2, 0.25) is 0 Å². The number of aliphatic hydroxyl groups excluding tert-OH is 3. The highest BCUT2D eigenvalue weighted by Gasteiger charge is 2.45. The molecule has 0 saturated carbocycles. The lowest BCUT2D eigenvalue weighted by molar-refractivity contribution is -0.0503. The molecule has 0 radical (unpaired) electrons. The summed E-state index contributed by atoms with van der Waals surface area (Å²) in [5, 5.41) is 51.5. The second-order valence-corrected chi connectivity index (χ2v) is 9.48. The molecule has 1 aliphatic heterocycles. The van der Waals surface area contributed by atoms with Gasteiger partial charge < -0.3 is 35.5 Å². The number of ether oxygens (including phenoxy) is 1. The predicted octanol–water partition coefficient (Wildman–Crippen LogP) is 2.80. The van der Waals surface area contributed by atoms with E-state index in [1.807, 2.05) is 24.3 Å². The standard InChI is InChI=1S/C25H23ClN8O5/c26-13-7-5-12(6-8-13)9-33-15-4-2-1-3-14(15)18(36)23(33)31-32-25-30-17-21(27)28-11-29-22(17)34(25)24-20(38)19(37)16(10-35)39-24/h1-8,11,16,19-20,24,35-38H,9-10H2,(H2,27,28,29)/b32-31+/t16-,19-,20-,24-/m1/s1. The molecule has 4 atom stereocenters. The van der Waals surface area contributed by atoms with Gasteiger partial charge in [-0.25, -0.2) is 15.0 Å². The Morgan fingerprint density at radius 1 is 1.03 bits per heavy atom. The number of hydrogen-bond donors (Lipinski definition) is 5. The molecule has 14 heteroatoms. The molecule has 2 aromatic carbocycles. The van der Waals surface area contributed by atoms with E-state index in [1.165, 1.54) is 10.9 Å². The summed E-state index contributed by atoms with van der Waals surface area (Å²) in [4.78, 5) is 12.6. The van der Waals surface area contributed by atoms with Gasteiger partial charge in [-0.3, -0.25) is 4.57 Å². The van der Waals surface area contributed by atoms with Crippen molar-refractivity contribution >= 4 is 51.3 Å². The number of nitrogen functional groups attached to an aromatic ring is 1. The van der Waals surface area contributed by atoms with Crippen molar-refractivity contribution in [3.05, 3.63) is 65.4 Å². The van der Waals surface area contributed by atoms with E-state index in [9.17, 15) is 20.4 Å². The third-order valence-corrected chi connectivity index (χ3v) is 6.92. The summed E-state index contributed by atoms with van der Waals surface area (Å²) in [5.41, 5.74) is 8.01. The van der Waals surface area contributed by atoms with Crippen LogP contribution < -0.4 is 5.73 Å². The molecule has 6 rings (SSSR count). The monoisotopic (exact) mass is 550 g/mol. The number of para-hydroxylation sites is 1. The first kappa shape index (κ1) is 25.2. The fourth-order valence-corrected chi connectivity index (χ4v) is 4.84. The Hall–Kier alpha value is -4.14. The maximum Gasteiger partial charge on any atom is 0.254 e. The van der Waals surface area contributed by atoms with Crippen molar-refractivity contribution in [2.24, 2.45) is 10.2 Å². The van der Waals surface area contributed by atoms with Crippen LogP contribution in [0.5, 0.6) is 5.75 Å². The molecule has 6 N–H and O–H groups in total. The lowest BCUT2D eigenvalue weighted by atomic mass is 10.1. The lowest BCUT2D eigenvalue weighted by Gasteiger charge is -2.17. The Bertz CT molecular complexity index is 1700. The van der Waals surface area contributed by atoms with Crippen molar-refractivity contribution in [2.75, 3.05) is 12.3 Å². The first-order chi connectivity index (χ1) is 18.9. The molecular weight excluding hydrogens is 528 g/mol. The summed E-state index contributed by atoms with van der Waals surface area (Å²) in [6, 6.07) is 14.6. The third-order valence-electron chi connectivity index (χ3n) is 6.66. The zero-order valence-electron chi connectivity index (χ0n) is 20.2. The minimum absolute atomic E-state index is 0.0571. The summed E-state index contributed by atoms with van der Waals surface area (Å²) < 4.78 is 8.83. The second-order valence-electron chi connectivity index (χ2n) is 9.04. The molecule has 13 nitrogen and oxygen atoms in total. The van der Waals surface area contributed by atoms with E-state index >= 15 is 0 Å². The van der Waals surface area contributed by atoms with E-state index in [-0.39, 0.29) is 34.5 Å². The number of fused-ring (bicyclic) bond motifs is 2. The van der Waals surface area contributed by atoms with Gasteiger partial charge in [-0.1, -0.05) is 35.9 Å². The number of hydrogen-bond acceptors (Lipinski definition) is 11. The molecule has 5 aromatic rings. The number of imidazole rings is 1. The highest BCUT2D eigenvalue weighted by molar-refractivity contribution is 6.30. The van der Waals surface area contributed by atoms with Crippen LogP contribution in [0.3, 0.4) is 0 Å². The van der Waals surface area contributed by atoms with Gasteiger partial charge in [0, 0.05) is 17.0 Å². The molecule has 39 heavy (non-hydrogen) atoms. The van der Waals surface area contributed by atoms with E-state index < -0.39 is 31.1 Å². The van der Waals surface area contributed by atoms with Crippen LogP contribution in [0.4, 0.5) is 17.6 Å². The van der Waals surface area contributed by atoms with Gasteiger partial charge in [0.05, 0.1) is 12.1 Å². The smallest absolute Gasteiger partial charge is 0.254 e. The fourth-order valence-electron chi connectivity index (χ4n) is 4.71. The van der Waals surface area contributed by atoms with Crippen molar-refractivity contribution in [2.45, 2.75) is 31.1 Å². The number of aliphatic hydroxyl groups is 3. The Morgan fingerprint density at radius 2 is 1.79 bits per heavy atom. The van der Waals surface area contributed by atoms with Gasteiger partial charge >= 0.3 is 0 Å². The first-order valence-electron chi connectivity index (χ1n) is 11.9. The second kappa shape index (κ2) is 9.87. The van der Waals surface area contributed by atoms with Crippen LogP contribution in [-0.2, 0) is 11.3 Å². The van der Waals surface area contributed by atoms with E-state index in [0.717, 1.165) is 11.1 Å². The highest BCUT2D eigenvalue weighted by atomic mass is 35.5. The molecule has 1 fully saturated rings. The number of nitrogens with zero attached hydrogens (tertiary/aromatic N) is 7. The molecule has 200 valence electrons. The lowest BCUT2D eigenvalue weighted by Crippen LogP contribution is -2.33. The normalized spacial score (nSPS) is 21.5. The van der Waals surface area contributed by atoms with Crippen LogP contribution in [0.25, 0.3) is 22.1 Å². The minimum Gasteiger partial charge on any atom is -0.504 e. The molecule has 0 spiro atoms. The van der Waals surface area contributed by atoms with Crippen molar-refractivity contribution in [3.63, 3.8) is 0 Å². The van der Waals surface area contributed by atoms with Crippen molar-refractivity contribution in [1.29, 1.82) is 0 Å². The molecule has 1 saturated heterocycles. The van der Waals surface area contributed by atoms with E-state index in [0.29, 0.717) is 17.0 Å². The minimum atomic E-state index is -1.44. The molecule has 1 aliphatic rings. The van der Waals surface area contributed by atoms with Crippen molar-refractivity contribution in [1.82, 2.24) is 24.1 Å². The van der Waals surface area contributed by atoms with Gasteiger partial charge in [0.1, 0.15) is 24.6 Å². The number of nitrogens with two attached hydrogens (primary N) is 1. The first-order valence-corrected chi connectivity index (χ1v) is 12.3. The number of benzene rings is 2. The molecule has 0 bridgehead atoms. The number of halogens is 1. The van der Waals surface area contributed by atoms with E-state index in [4.69, 9.17) is 22.1 Å². The van der Waals surface area contributed by atoms with Gasteiger partial charge in [0.25, 0.3) is 5.95 Å². The number of azo groups is 1. The molecule has 0 amide bonds. The Morgan fingerprint density at radius 3 is 2.54 bits per heavy atom. The Labute approximate surface area is 225 Å². The van der Waals surface area contributed by atoms with Crippen LogP contribution in [0.1, 0.15) is 11.8 Å². The SMILES string of the molecule is Nc1ncnc2c1nc(/N=N/c1c(O)c3ccccc3n1Cc1ccc(Cl)cc1)n2[C@@H]1O[C@H](CO)[C@@H](O)[C@H]1O. The van der Waals surface area contributed by atoms with Crippen LogP contribution in [0.15, 0.2) is 65.1 Å². The number of anilines is 1. The van der Waals surface area contributed by atoms with Gasteiger partial charge in [0.15, 0.2) is 34.8 Å². The summed E-state index contributed by atoms with van der Waals surface area (Å²) >= 11 is 6.05. The van der Waals surface area contributed by atoms with E-state index in [2.05, 4.69) is 25.2 Å². The van der Waals surface area contributed by atoms with Crippen LogP contribution >= 0.6 is 11.6 Å². The highest BCUT2D eigenvalue weighted by Crippen LogP contribution is 2.41. The van der Waals surface area contributed by atoms with E-state index in [1.54, 1.807) is 28.8 Å². The number of aromatic nitrogens is 5. The molecule has 3 aromatic heterocycles. The van der Waals surface area contributed by atoms with Crippen LogP contribution in [0, 0.1) is 0 Å². The predicted molar refractivity (Wildman–Crippen MR) is 141 cm³/mol. The zero-order valence-corrected chi connectivity index (χ0v) is 21.0. The fraction of sp³-hybridized carbons (Fsp3) is 0.240. The quantitative estimate of drug-likeness (QED) is 0.198. The van der Waals surface area contributed by atoms with Crippen molar-refractivity contribution in [3.8, 4) is 5.75 Å². The summed E-state index contributed by atoms with van der Waals surface area (Å²) in [6.45, 7) is -0.162. The van der Waals surface area contributed by atoms with Crippen molar-refractivity contribution < 1.29 is 25.2 Å².